The van der Waals surface area contributed by atoms with E-state index in [2.05, 4.69) is 0 Å². The Morgan fingerprint density at radius 3 is 2.17 bits per heavy atom. The summed E-state index contributed by atoms with van der Waals surface area (Å²) in [4.78, 5) is 1.68. The molecule has 1 heterocycles. The summed E-state index contributed by atoms with van der Waals surface area (Å²) in [6.07, 6.45) is 0.615. The molecule has 1 nitrogen and oxygen atoms in total. The molecule has 74 valence electrons. The van der Waals surface area contributed by atoms with Gasteiger partial charge in [-0.05, 0) is 20.0 Å². The largest absolute Gasteiger partial charge is 0.301 e. The van der Waals surface area contributed by atoms with Crippen molar-refractivity contribution in [3.05, 3.63) is 0 Å². The van der Waals surface area contributed by atoms with Crippen LogP contribution in [-0.2, 0) is 0 Å². The Morgan fingerprint density at radius 2 is 1.83 bits per heavy atom. The van der Waals surface area contributed by atoms with Crippen LogP contribution in [0, 0.1) is 5.92 Å². The Bertz CT molecular complexity index is 126. The molecule has 0 aromatic carbocycles. The predicted molar refractivity (Wildman–Crippen MR) is 47.6 cm³/mol. The van der Waals surface area contributed by atoms with E-state index in [1.165, 1.54) is 0 Å². The van der Waals surface area contributed by atoms with Gasteiger partial charge in [-0.15, -0.1) is 0 Å². The van der Waals surface area contributed by atoms with Crippen LogP contribution in [-0.4, -0.2) is 31.0 Å². The zero-order valence-electron chi connectivity index (χ0n) is 8.40. The topological polar surface area (TPSA) is 3.24 Å². The molecule has 0 spiro atoms. The minimum Gasteiger partial charge on any atom is -0.301 e. The average molecular weight is 179 g/mol. The van der Waals surface area contributed by atoms with Gasteiger partial charge in [-0.3, -0.25) is 0 Å². The second kappa shape index (κ2) is 4.75. The normalized spacial score (nSPS) is 29.0. The van der Waals surface area contributed by atoms with Crippen LogP contribution in [0.4, 0.5) is 8.78 Å². The predicted octanol–water partition coefficient (Wildman–Crippen LogP) is 2.62. The number of nitrogens with zero attached hydrogens (tertiary/aromatic N) is 1. The first-order valence-electron chi connectivity index (χ1n) is 4.59. The van der Waals surface area contributed by atoms with E-state index in [4.69, 9.17) is 0 Å². The molecule has 0 saturated carbocycles. The number of halogens is 2. The van der Waals surface area contributed by atoms with Crippen molar-refractivity contribution in [3.8, 4) is 0 Å². The first kappa shape index (κ1) is 11.8. The van der Waals surface area contributed by atoms with Gasteiger partial charge in [0.1, 0.15) is 0 Å². The van der Waals surface area contributed by atoms with Gasteiger partial charge in [-0.1, -0.05) is 20.8 Å². The molecule has 0 N–H and O–H groups in total. The molecule has 0 bridgehead atoms. The van der Waals surface area contributed by atoms with Crippen LogP contribution in [0.3, 0.4) is 0 Å². The van der Waals surface area contributed by atoms with E-state index in [-0.39, 0.29) is 6.54 Å². The van der Waals surface area contributed by atoms with Gasteiger partial charge in [0, 0.05) is 5.92 Å². The quantitative estimate of drug-likeness (QED) is 0.552. The van der Waals surface area contributed by atoms with E-state index in [0.29, 0.717) is 6.42 Å². The maximum atomic E-state index is 12.8. The molecule has 0 aromatic heterocycles. The van der Waals surface area contributed by atoms with E-state index in [9.17, 15) is 8.78 Å². The van der Waals surface area contributed by atoms with Crippen LogP contribution in [0.5, 0.6) is 0 Å². The van der Waals surface area contributed by atoms with E-state index >= 15 is 0 Å². The van der Waals surface area contributed by atoms with Crippen molar-refractivity contribution in [1.82, 2.24) is 4.90 Å². The van der Waals surface area contributed by atoms with Crippen molar-refractivity contribution in [1.29, 1.82) is 0 Å². The van der Waals surface area contributed by atoms with Gasteiger partial charge in [0.05, 0.1) is 6.54 Å². The summed E-state index contributed by atoms with van der Waals surface area (Å²) in [5, 5.41) is 0. The fourth-order valence-corrected chi connectivity index (χ4v) is 1.22. The minimum atomic E-state index is -2.47. The van der Waals surface area contributed by atoms with Gasteiger partial charge in [-0.2, -0.15) is 0 Å². The standard InChI is InChI=1S/C7H13F2N.C2H6/c1-6-3-4-10(2)5-7(6,8)9;1-2/h6H,3-5H2,1-2H3;1-2H3/t6-;/m0./s1. The lowest BCUT2D eigenvalue weighted by Crippen LogP contribution is -2.45. The monoisotopic (exact) mass is 179 g/mol. The van der Waals surface area contributed by atoms with Crippen molar-refractivity contribution in [3.63, 3.8) is 0 Å². The second-order valence-electron chi connectivity index (χ2n) is 3.19. The van der Waals surface area contributed by atoms with Gasteiger partial charge in [0.2, 0.25) is 0 Å². The average Bonchev–Trinajstić information content (AvgIpc) is 2.01. The van der Waals surface area contributed by atoms with Crippen molar-refractivity contribution >= 4 is 0 Å². The van der Waals surface area contributed by atoms with Crippen LogP contribution in [0.15, 0.2) is 0 Å². The number of likely N-dealkylation sites (tertiary alicyclic amines) is 1. The molecule has 0 unspecified atom stereocenters. The molecule has 1 atom stereocenters. The Balaban J connectivity index is 0.000000561. The summed E-state index contributed by atoms with van der Waals surface area (Å²) in [6.45, 7) is 6.35. The number of rotatable bonds is 0. The third-order valence-electron chi connectivity index (χ3n) is 2.15. The van der Waals surface area contributed by atoms with Crippen molar-refractivity contribution in [2.24, 2.45) is 5.92 Å². The molecule has 0 aromatic rings. The lowest BCUT2D eigenvalue weighted by Gasteiger charge is -2.34. The number of piperidine rings is 1. The third-order valence-corrected chi connectivity index (χ3v) is 2.15. The lowest BCUT2D eigenvalue weighted by atomic mass is 9.95. The first-order valence-corrected chi connectivity index (χ1v) is 4.59. The molecule has 1 aliphatic rings. The molecule has 0 radical (unpaired) electrons. The van der Waals surface area contributed by atoms with E-state index in [1.54, 1.807) is 18.9 Å². The Hall–Kier alpha value is -0.180. The summed E-state index contributed by atoms with van der Waals surface area (Å²) in [5.41, 5.74) is 0. The van der Waals surface area contributed by atoms with E-state index < -0.39 is 11.8 Å². The Kier molecular flexibility index (Phi) is 4.68. The van der Waals surface area contributed by atoms with Crippen LogP contribution in [0.1, 0.15) is 27.2 Å². The van der Waals surface area contributed by atoms with Gasteiger partial charge < -0.3 is 4.90 Å². The van der Waals surface area contributed by atoms with Crippen LogP contribution in [0.2, 0.25) is 0 Å². The fourth-order valence-electron chi connectivity index (χ4n) is 1.22. The molecular formula is C9H19F2N. The zero-order chi connectivity index (χ0) is 9.78. The first-order chi connectivity index (χ1) is 5.52. The zero-order valence-corrected chi connectivity index (χ0v) is 8.40. The van der Waals surface area contributed by atoms with Crippen molar-refractivity contribution in [2.75, 3.05) is 20.1 Å². The molecule has 0 aliphatic carbocycles. The number of hydrogen-bond donors (Lipinski definition) is 0. The van der Waals surface area contributed by atoms with Crippen molar-refractivity contribution in [2.45, 2.75) is 33.1 Å². The Morgan fingerprint density at radius 1 is 1.33 bits per heavy atom. The van der Waals surface area contributed by atoms with E-state index in [1.807, 2.05) is 13.8 Å². The maximum Gasteiger partial charge on any atom is 0.263 e. The second-order valence-corrected chi connectivity index (χ2v) is 3.19. The molecular weight excluding hydrogens is 160 g/mol. The van der Waals surface area contributed by atoms with Gasteiger partial charge >= 0.3 is 0 Å². The van der Waals surface area contributed by atoms with Crippen molar-refractivity contribution < 1.29 is 8.78 Å². The van der Waals surface area contributed by atoms with Crippen LogP contribution in [0.25, 0.3) is 0 Å². The molecule has 1 rings (SSSR count). The molecule has 1 saturated heterocycles. The van der Waals surface area contributed by atoms with Gasteiger partial charge in [0.15, 0.2) is 0 Å². The summed E-state index contributed by atoms with van der Waals surface area (Å²) in [7, 11) is 1.74. The smallest absolute Gasteiger partial charge is 0.263 e. The molecule has 12 heavy (non-hydrogen) atoms. The fraction of sp³-hybridized carbons (Fsp3) is 1.00. The highest BCUT2D eigenvalue weighted by Gasteiger charge is 2.40. The minimum absolute atomic E-state index is 0.0752. The maximum absolute atomic E-state index is 12.8. The number of alkyl halides is 2. The summed E-state index contributed by atoms with van der Waals surface area (Å²) >= 11 is 0. The molecule has 3 heteroatoms. The molecule has 0 amide bonds. The van der Waals surface area contributed by atoms with E-state index in [0.717, 1.165) is 6.54 Å². The third kappa shape index (κ3) is 3.05. The SMILES string of the molecule is CC.C[C@H]1CCN(C)CC1(F)F. The summed E-state index contributed by atoms with van der Waals surface area (Å²) in [5.74, 6) is -2.91. The lowest BCUT2D eigenvalue weighted by molar-refractivity contribution is -0.0985. The Labute approximate surface area is 73.7 Å². The highest BCUT2D eigenvalue weighted by Crippen LogP contribution is 2.31. The van der Waals surface area contributed by atoms with Crippen LogP contribution >= 0.6 is 0 Å². The highest BCUT2D eigenvalue weighted by atomic mass is 19.3. The van der Waals surface area contributed by atoms with Crippen LogP contribution < -0.4 is 0 Å². The molecule has 1 fully saturated rings. The highest BCUT2D eigenvalue weighted by molar-refractivity contribution is 4.82. The number of hydrogen-bond acceptors (Lipinski definition) is 1. The van der Waals surface area contributed by atoms with Gasteiger partial charge in [0.25, 0.3) is 5.92 Å². The summed E-state index contributed by atoms with van der Waals surface area (Å²) < 4.78 is 25.6. The summed E-state index contributed by atoms with van der Waals surface area (Å²) in [6, 6.07) is 0. The molecule has 1 aliphatic heterocycles. The van der Waals surface area contributed by atoms with Gasteiger partial charge in [-0.25, -0.2) is 8.78 Å².